The third kappa shape index (κ3) is 3.07. The Morgan fingerprint density at radius 1 is 1.20 bits per heavy atom. The van der Waals surface area contributed by atoms with Crippen LogP contribution in [-0.2, 0) is 4.74 Å². The van der Waals surface area contributed by atoms with Gasteiger partial charge in [-0.25, -0.2) is 0 Å². The number of morpholine rings is 1. The van der Waals surface area contributed by atoms with Gasteiger partial charge in [-0.05, 0) is 17.2 Å². The maximum absolute atomic E-state index is 10.3. The van der Waals surface area contributed by atoms with E-state index in [9.17, 15) is 5.11 Å². The van der Waals surface area contributed by atoms with Crippen molar-refractivity contribution in [1.29, 1.82) is 0 Å². The summed E-state index contributed by atoms with van der Waals surface area (Å²) < 4.78 is 5.31. The maximum atomic E-state index is 10.3. The summed E-state index contributed by atoms with van der Waals surface area (Å²) in [4.78, 5) is 2.23. The van der Waals surface area contributed by atoms with Gasteiger partial charge in [0, 0.05) is 25.8 Å². The Kier molecular flexibility index (Phi) is 4.11. The number of nitrogens with one attached hydrogen (secondary N) is 1. The van der Waals surface area contributed by atoms with E-state index in [1.54, 1.807) is 6.20 Å². The molecule has 0 saturated carbocycles. The number of aliphatic hydroxyl groups excluding tert-OH is 1. The minimum atomic E-state index is -0.455. The van der Waals surface area contributed by atoms with Crippen molar-refractivity contribution in [2.75, 3.05) is 32.8 Å². The third-order valence-electron chi connectivity index (χ3n) is 3.64. The molecule has 0 spiro atoms. The number of aromatic amines is 1. The minimum Gasteiger partial charge on any atom is -0.387 e. The molecule has 5 nitrogen and oxygen atoms in total. The highest BCUT2D eigenvalue weighted by Crippen LogP contribution is 2.21. The topological polar surface area (TPSA) is 61.4 Å². The number of ether oxygens (including phenoxy) is 1. The van der Waals surface area contributed by atoms with Crippen LogP contribution in [0.5, 0.6) is 0 Å². The van der Waals surface area contributed by atoms with Crippen molar-refractivity contribution in [3.63, 3.8) is 0 Å². The Morgan fingerprint density at radius 2 is 1.95 bits per heavy atom. The second-order valence-corrected chi connectivity index (χ2v) is 5.02. The molecule has 1 aliphatic heterocycles. The van der Waals surface area contributed by atoms with Gasteiger partial charge in [-0.15, -0.1) is 0 Å². The summed E-state index contributed by atoms with van der Waals surface area (Å²) in [6.45, 7) is 3.95. The number of H-pyrrole nitrogens is 1. The van der Waals surface area contributed by atoms with Crippen LogP contribution in [0.3, 0.4) is 0 Å². The Bertz CT molecular complexity index is 519. The molecule has 0 radical (unpaired) electrons. The number of nitrogens with zero attached hydrogens (tertiary/aromatic N) is 2. The normalized spacial score (nSPS) is 18.1. The zero-order valence-corrected chi connectivity index (χ0v) is 11.3. The Balaban J connectivity index is 1.64. The van der Waals surface area contributed by atoms with Crippen LogP contribution in [0.25, 0.3) is 11.3 Å². The highest BCUT2D eigenvalue weighted by atomic mass is 16.5. The lowest BCUT2D eigenvalue weighted by Crippen LogP contribution is -2.38. The fourth-order valence-corrected chi connectivity index (χ4v) is 2.44. The smallest absolute Gasteiger partial charge is 0.0916 e. The largest absolute Gasteiger partial charge is 0.387 e. The van der Waals surface area contributed by atoms with Gasteiger partial charge in [0.1, 0.15) is 0 Å². The summed E-state index contributed by atoms with van der Waals surface area (Å²) >= 11 is 0. The average molecular weight is 273 g/mol. The van der Waals surface area contributed by atoms with Crippen LogP contribution in [0, 0.1) is 0 Å². The van der Waals surface area contributed by atoms with Gasteiger partial charge in [-0.1, -0.05) is 24.3 Å². The number of rotatable bonds is 4. The number of hydrogen-bond acceptors (Lipinski definition) is 4. The lowest BCUT2D eigenvalue weighted by Gasteiger charge is -2.28. The zero-order valence-electron chi connectivity index (χ0n) is 11.3. The highest BCUT2D eigenvalue weighted by molar-refractivity contribution is 5.58. The summed E-state index contributed by atoms with van der Waals surface area (Å²) in [7, 11) is 0. The summed E-state index contributed by atoms with van der Waals surface area (Å²) in [6, 6.07) is 9.89. The Morgan fingerprint density at radius 3 is 2.60 bits per heavy atom. The highest BCUT2D eigenvalue weighted by Gasteiger charge is 2.16. The number of benzene rings is 1. The summed E-state index contributed by atoms with van der Waals surface area (Å²) in [5.41, 5.74) is 3.00. The number of hydrogen-bond donors (Lipinski definition) is 2. The van der Waals surface area contributed by atoms with E-state index in [0.717, 1.165) is 43.1 Å². The average Bonchev–Trinajstić information content (AvgIpc) is 3.03. The molecule has 5 heteroatoms. The molecule has 2 N–H and O–H groups in total. The first-order chi connectivity index (χ1) is 9.83. The standard InChI is InChI=1S/C15H19N3O2/c19-15(11-18-7-9-20-10-8-18)13-3-1-12(2-4-13)14-5-6-16-17-14/h1-6,15,19H,7-11H2,(H,16,17). The molecule has 1 saturated heterocycles. The van der Waals surface area contributed by atoms with Crippen molar-refractivity contribution in [3.05, 3.63) is 42.1 Å². The Hall–Kier alpha value is -1.69. The van der Waals surface area contributed by atoms with E-state index in [-0.39, 0.29) is 0 Å². The molecule has 1 aromatic heterocycles. The van der Waals surface area contributed by atoms with Gasteiger partial charge < -0.3 is 9.84 Å². The molecule has 1 atom stereocenters. The SMILES string of the molecule is OC(CN1CCOCC1)c1ccc(-c2ccn[nH]2)cc1. The van der Waals surface area contributed by atoms with Crippen molar-refractivity contribution < 1.29 is 9.84 Å². The van der Waals surface area contributed by atoms with E-state index in [0.29, 0.717) is 6.54 Å². The van der Waals surface area contributed by atoms with E-state index < -0.39 is 6.10 Å². The summed E-state index contributed by atoms with van der Waals surface area (Å²) in [6.07, 6.45) is 1.28. The minimum absolute atomic E-state index is 0.455. The number of β-amino-alcohol motifs (C(OH)–C–C–N with tert-alkyl or cyclic N) is 1. The molecule has 0 aliphatic carbocycles. The van der Waals surface area contributed by atoms with E-state index in [1.165, 1.54) is 0 Å². The predicted octanol–water partition coefficient (Wildman–Crippen LogP) is 1.44. The van der Waals surface area contributed by atoms with E-state index in [4.69, 9.17) is 4.74 Å². The van der Waals surface area contributed by atoms with E-state index in [2.05, 4.69) is 15.1 Å². The molecule has 106 valence electrons. The lowest BCUT2D eigenvalue weighted by molar-refractivity contribution is 0.0143. The molecule has 1 aromatic carbocycles. The van der Waals surface area contributed by atoms with Crippen LogP contribution in [-0.4, -0.2) is 53.1 Å². The molecule has 3 rings (SSSR count). The van der Waals surface area contributed by atoms with Crippen molar-refractivity contribution in [2.24, 2.45) is 0 Å². The van der Waals surface area contributed by atoms with E-state index in [1.807, 2.05) is 30.3 Å². The first-order valence-corrected chi connectivity index (χ1v) is 6.91. The van der Waals surface area contributed by atoms with Crippen molar-refractivity contribution in [1.82, 2.24) is 15.1 Å². The maximum Gasteiger partial charge on any atom is 0.0916 e. The molecule has 2 heterocycles. The molecule has 1 aliphatic rings. The molecule has 0 amide bonds. The molecule has 1 fully saturated rings. The zero-order chi connectivity index (χ0) is 13.8. The second-order valence-electron chi connectivity index (χ2n) is 5.02. The molecule has 0 bridgehead atoms. The monoisotopic (exact) mass is 273 g/mol. The van der Waals surface area contributed by atoms with Gasteiger partial charge in [-0.3, -0.25) is 10.00 Å². The van der Waals surface area contributed by atoms with Gasteiger partial charge in [0.25, 0.3) is 0 Å². The fraction of sp³-hybridized carbons (Fsp3) is 0.400. The third-order valence-corrected chi connectivity index (χ3v) is 3.64. The summed E-state index contributed by atoms with van der Waals surface area (Å²) in [5, 5.41) is 17.2. The van der Waals surface area contributed by atoms with Crippen molar-refractivity contribution >= 4 is 0 Å². The Labute approximate surface area is 118 Å². The number of aromatic nitrogens is 2. The van der Waals surface area contributed by atoms with Crippen LogP contribution in [0.4, 0.5) is 0 Å². The van der Waals surface area contributed by atoms with Crippen LogP contribution in [0.2, 0.25) is 0 Å². The first-order valence-electron chi connectivity index (χ1n) is 6.91. The van der Waals surface area contributed by atoms with Gasteiger partial charge in [0.05, 0.1) is 25.0 Å². The van der Waals surface area contributed by atoms with Crippen LogP contribution in [0.15, 0.2) is 36.5 Å². The summed E-state index contributed by atoms with van der Waals surface area (Å²) in [5.74, 6) is 0. The molecular formula is C15H19N3O2. The van der Waals surface area contributed by atoms with Crippen LogP contribution in [0.1, 0.15) is 11.7 Å². The lowest BCUT2D eigenvalue weighted by atomic mass is 10.0. The van der Waals surface area contributed by atoms with Gasteiger partial charge in [0.2, 0.25) is 0 Å². The van der Waals surface area contributed by atoms with Crippen molar-refractivity contribution in [3.8, 4) is 11.3 Å². The fourth-order valence-electron chi connectivity index (χ4n) is 2.44. The second kappa shape index (κ2) is 6.17. The molecule has 2 aromatic rings. The molecule has 20 heavy (non-hydrogen) atoms. The van der Waals surface area contributed by atoms with Gasteiger partial charge in [0.15, 0.2) is 0 Å². The predicted molar refractivity (Wildman–Crippen MR) is 76.2 cm³/mol. The molecule has 1 unspecified atom stereocenters. The quantitative estimate of drug-likeness (QED) is 0.885. The number of aliphatic hydroxyl groups is 1. The van der Waals surface area contributed by atoms with Gasteiger partial charge >= 0.3 is 0 Å². The van der Waals surface area contributed by atoms with Gasteiger partial charge in [-0.2, -0.15) is 5.10 Å². The first kappa shape index (κ1) is 13.3. The van der Waals surface area contributed by atoms with Crippen molar-refractivity contribution in [2.45, 2.75) is 6.10 Å². The molecular weight excluding hydrogens is 254 g/mol. The van der Waals surface area contributed by atoms with Crippen LogP contribution < -0.4 is 0 Å². The van der Waals surface area contributed by atoms with E-state index >= 15 is 0 Å². The van der Waals surface area contributed by atoms with Crippen LogP contribution >= 0.6 is 0 Å².